The second kappa shape index (κ2) is 5.50. The summed E-state index contributed by atoms with van der Waals surface area (Å²) in [5.41, 5.74) is 5.84. The number of amides is 1. The number of hydrogen-bond donors (Lipinski definition) is 2. The lowest BCUT2D eigenvalue weighted by Gasteiger charge is -2.34. The molecule has 3 heteroatoms. The molecule has 0 aromatic carbocycles. The molecule has 15 heavy (non-hydrogen) atoms. The number of nitrogens with two attached hydrogens (primary N) is 1. The molecule has 1 amide bonds. The number of nitrogens with one attached hydrogen (secondary N) is 1. The molecule has 3 nitrogen and oxygen atoms in total. The van der Waals surface area contributed by atoms with Gasteiger partial charge in [-0.05, 0) is 44.1 Å². The first kappa shape index (κ1) is 12.5. The van der Waals surface area contributed by atoms with Gasteiger partial charge in [0.25, 0.3) is 0 Å². The first-order valence-electron chi connectivity index (χ1n) is 6.03. The van der Waals surface area contributed by atoms with Crippen LogP contribution in [-0.2, 0) is 4.79 Å². The Bertz CT molecular complexity index is 204. The average molecular weight is 212 g/mol. The minimum absolute atomic E-state index is 0.171. The maximum Gasteiger partial charge on any atom is 0.220 e. The fourth-order valence-electron chi connectivity index (χ4n) is 2.11. The molecule has 1 aliphatic carbocycles. The predicted octanol–water partition coefficient (Wildman–Crippen LogP) is 1.81. The molecule has 0 saturated heterocycles. The number of hydrogen-bond acceptors (Lipinski definition) is 2. The van der Waals surface area contributed by atoms with Crippen molar-refractivity contribution in [2.45, 2.75) is 58.4 Å². The van der Waals surface area contributed by atoms with Crippen LogP contribution in [0, 0.1) is 5.41 Å². The molecule has 0 aromatic rings. The van der Waals surface area contributed by atoms with Crippen LogP contribution in [0.15, 0.2) is 0 Å². The molecule has 1 aliphatic rings. The Balaban J connectivity index is 2.21. The Hall–Kier alpha value is -0.570. The summed E-state index contributed by atoms with van der Waals surface area (Å²) in [6.45, 7) is 5.21. The Morgan fingerprint density at radius 3 is 2.53 bits per heavy atom. The van der Waals surface area contributed by atoms with Gasteiger partial charge in [-0.15, -0.1) is 0 Å². The SMILES string of the molecule is CC1(C)CCC(NC(=O)CCCN)CC1. The molecule has 0 heterocycles. The number of carbonyl (C=O) groups is 1. The quantitative estimate of drug-likeness (QED) is 0.746. The molecule has 1 rings (SSSR count). The van der Waals surface area contributed by atoms with Crippen molar-refractivity contribution in [1.29, 1.82) is 0 Å². The van der Waals surface area contributed by atoms with Gasteiger partial charge < -0.3 is 11.1 Å². The maximum atomic E-state index is 11.5. The summed E-state index contributed by atoms with van der Waals surface area (Å²) in [5, 5.41) is 3.10. The summed E-state index contributed by atoms with van der Waals surface area (Å²) in [6.07, 6.45) is 6.06. The van der Waals surface area contributed by atoms with Crippen molar-refractivity contribution in [2.24, 2.45) is 11.1 Å². The van der Waals surface area contributed by atoms with E-state index < -0.39 is 0 Å². The molecule has 1 saturated carbocycles. The van der Waals surface area contributed by atoms with Gasteiger partial charge in [0.15, 0.2) is 0 Å². The van der Waals surface area contributed by atoms with E-state index in [4.69, 9.17) is 5.73 Å². The molecule has 0 radical (unpaired) electrons. The topological polar surface area (TPSA) is 55.1 Å². The van der Waals surface area contributed by atoms with Crippen molar-refractivity contribution >= 4 is 5.91 Å². The monoisotopic (exact) mass is 212 g/mol. The molecule has 1 fully saturated rings. The highest BCUT2D eigenvalue weighted by Crippen LogP contribution is 2.34. The van der Waals surface area contributed by atoms with Crippen molar-refractivity contribution in [3.8, 4) is 0 Å². The van der Waals surface area contributed by atoms with Crippen LogP contribution in [0.5, 0.6) is 0 Å². The number of carbonyl (C=O) groups excluding carboxylic acids is 1. The zero-order chi connectivity index (χ0) is 11.3. The van der Waals surface area contributed by atoms with Gasteiger partial charge >= 0.3 is 0 Å². The van der Waals surface area contributed by atoms with E-state index in [1.807, 2.05) is 0 Å². The lowest BCUT2D eigenvalue weighted by Crippen LogP contribution is -2.39. The molecule has 0 bridgehead atoms. The maximum absolute atomic E-state index is 11.5. The van der Waals surface area contributed by atoms with E-state index in [1.54, 1.807) is 0 Å². The highest BCUT2D eigenvalue weighted by atomic mass is 16.1. The molecule has 0 unspecified atom stereocenters. The fourth-order valence-corrected chi connectivity index (χ4v) is 2.11. The van der Waals surface area contributed by atoms with E-state index in [9.17, 15) is 4.79 Å². The van der Waals surface area contributed by atoms with Crippen LogP contribution in [0.4, 0.5) is 0 Å². The van der Waals surface area contributed by atoms with Gasteiger partial charge in [-0.2, -0.15) is 0 Å². The summed E-state index contributed by atoms with van der Waals surface area (Å²) >= 11 is 0. The minimum atomic E-state index is 0.171. The van der Waals surface area contributed by atoms with E-state index >= 15 is 0 Å². The lowest BCUT2D eigenvalue weighted by atomic mass is 9.75. The molecule has 88 valence electrons. The van der Waals surface area contributed by atoms with Crippen molar-refractivity contribution < 1.29 is 4.79 Å². The molecule has 0 atom stereocenters. The van der Waals surface area contributed by atoms with Crippen LogP contribution in [0.25, 0.3) is 0 Å². The van der Waals surface area contributed by atoms with E-state index in [2.05, 4.69) is 19.2 Å². The summed E-state index contributed by atoms with van der Waals surface area (Å²) in [5.74, 6) is 0.171. The third-order valence-electron chi connectivity index (χ3n) is 3.31. The molecule has 3 N–H and O–H groups in total. The van der Waals surface area contributed by atoms with Gasteiger partial charge in [0, 0.05) is 12.5 Å². The van der Waals surface area contributed by atoms with Crippen LogP contribution >= 0.6 is 0 Å². The van der Waals surface area contributed by atoms with Gasteiger partial charge in [0.1, 0.15) is 0 Å². The highest BCUT2D eigenvalue weighted by molar-refractivity contribution is 5.76. The second-order valence-electron chi connectivity index (χ2n) is 5.40. The summed E-state index contributed by atoms with van der Waals surface area (Å²) < 4.78 is 0. The van der Waals surface area contributed by atoms with Crippen LogP contribution in [0.2, 0.25) is 0 Å². The van der Waals surface area contributed by atoms with Gasteiger partial charge in [-0.3, -0.25) is 4.79 Å². The summed E-state index contributed by atoms with van der Waals surface area (Å²) in [7, 11) is 0. The van der Waals surface area contributed by atoms with Crippen LogP contribution in [0.1, 0.15) is 52.4 Å². The summed E-state index contributed by atoms with van der Waals surface area (Å²) in [6, 6.07) is 0.406. The molecular formula is C12H24N2O. The zero-order valence-electron chi connectivity index (χ0n) is 10.0. The van der Waals surface area contributed by atoms with Crippen molar-refractivity contribution in [1.82, 2.24) is 5.32 Å². The van der Waals surface area contributed by atoms with E-state index in [1.165, 1.54) is 12.8 Å². The lowest BCUT2D eigenvalue weighted by molar-refractivity contribution is -0.122. The van der Waals surface area contributed by atoms with Crippen LogP contribution in [-0.4, -0.2) is 18.5 Å². The zero-order valence-corrected chi connectivity index (χ0v) is 10.0. The largest absolute Gasteiger partial charge is 0.353 e. The van der Waals surface area contributed by atoms with Gasteiger partial charge in [-0.1, -0.05) is 13.8 Å². The second-order valence-corrected chi connectivity index (χ2v) is 5.40. The van der Waals surface area contributed by atoms with Gasteiger partial charge in [-0.25, -0.2) is 0 Å². The Morgan fingerprint density at radius 1 is 1.40 bits per heavy atom. The number of rotatable bonds is 4. The summed E-state index contributed by atoms with van der Waals surface area (Å²) in [4.78, 5) is 11.5. The minimum Gasteiger partial charge on any atom is -0.353 e. The first-order valence-corrected chi connectivity index (χ1v) is 6.03. The van der Waals surface area contributed by atoms with E-state index in [0.29, 0.717) is 24.4 Å². The average Bonchev–Trinajstić information content (AvgIpc) is 2.18. The predicted molar refractivity (Wildman–Crippen MR) is 62.5 cm³/mol. The molecule has 0 spiro atoms. The van der Waals surface area contributed by atoms with Crippen LogP contribution < -0.4 is 11.1 Å². The van der Waals surface area contributed by atoms with E-state index in [-0.39, 0.29) is 5.91 Å². The Morgan fingerprint density at radius 2 is 2.00 bits per heavy atom. The van der Waals surface area contributed by atoms with Gasteiger partial charge in [0.2, 0.25) is 5.91 Å². The Kier molecular flexibility index (Phi) is 4.58. The van der Waals surface area contributed by atoms with Crippen molar-refractivity contribution in [3.05, 3.63) is 0 Å². The fraction of sp³-hybridized carbons (Fsp3) is 0.917. The smallest absolute Gasteiger partial charge is 0.220 e. The third kappa shape index (κ3) is 4.65. The first-order chi connectivity index (χ1) is 7.03. The Labute approximate surface area is 92.8 Å². The molecular weight excluding hydrogens is 188 g/mol. The van der Waals surface area contributed by atoms with Crippen LogP contribution in [0.3, 0.4) is 0 Å². The van der Waals surface area contributed by atoms with Crippen molar-refractivity contribution in [3.63, 3.8) is 0 Å². The van der Waals surface area contributed by atoms with E-state index in [0.717, 1.165) is 19.3 Å². The van der Waals surface area contributed by atoms with Crippen molar-refractivity contribution in [2.75, 3.05) is 6.54 Å². The normalized spacial score (nSPS) is 21.3. The molecule has 0 aromatic heterocycles. The standard InChI is InChI=1S/C12H24N2O/c1-12(2)7-5-10(6-8-12)14-11(15)4-3-9-13/h10H,3-9,13H2,1-2H3,(H,14,15). The highest BCUT2D eigenvalue weighted by Gasteiger charge is 2.27. The third-order valence-corrected chi connectivity index (χ3v) is 3.31. The van der Waals surface area contributed by atoms with Gasteiger partial charge in [0.05, 0.1) is 0 Å². The molecule has 0 aliphatic heterocycles.